The van der Waals surface area contributed by atoms with Crippen LogP contribution in [0.1, 0.15) is 12.8 Å². The van der Waals surface area contributed by atoms with Crippen molar-refractivity contribution in [1.82, 2.24) is 19.6 Å². The van der Waals surface area contributed by atoms with E-state index >= 15 is 0 Å². The minimum atomic E-state index is -1.25. The largest absolute Gasteiger partial charge is 3.00 e. The summed E-state index contributed by atoms with van der Waals surface area (Å²) in [7, 11) is 0. The van der Waals surface area contributed by atoms with E-state index in [2.05, 4.69) is 0 Å². The molecule has 0 atom stereocenters. The predicted octanol–water partition coefficient (Wildman–Crippen LogP) is -6.06. The molecule has 0 radical (unpaired) electrons. The number of hydrogen-bond donors (Lipinski definition) is 1. The first-order chi connectivity index (χ1) is 14.2. The van der Waals surface area contributed by atoms with Crippen LogP contribution in [0, 0.1) is 0 Å². The van der Waals surface area contributed by atoms with Crippen LogP contribution in [0.25, 0.3) is 0 Å². The van der Waals surface area contributed by atoms with Gasteiger partial charge in [0.1, 0.15) is 0 Å². The van der Waals surface area contributed by atoms with Gasteiger partial charge in [-0.25, -0.2) is 0 Å². The average Bonchev–Trinajstić information content (AvgIpc) is 2.60. The Labute approximate surface area is 200 Å². The van der Waals surface area contributed by atoms with E-state index in [4.69, 9.17) is 5.11 Å². The van der Waals surface area contributed by atoms with Gasteiger partial charge in [0.15, 0.2) is 0 Å². The van der Waals surface area contributed by atoms with Gasteiger partial charge >= 0.3 is 31.8 Å². The third kappa shape index (κ3) is 15.1. The fraction of sp³-hybridized carbons (Fsp3) is 0.778. The van der Waals surface area contributed by atoms with Crippen molar-refractivity contribution in [3.8, 4) is 0 Å². The monoisotopic (exact) mass is 544 g/mol. The van der Waals surface area contributed by atoms with E-state index < -0.39 is 23.9 Å². The summed E-state index contributed by atoms with van der Waals surface area (Å²) in [6, 6.07) is 0. The van der Waals surface area contributed by atoms with Crippen LogP contribution in [-0.4, -0.2) is 153 Å². The maximum absolute atomic E-state index is 11.1. The summed E-state index contributed by atoms with van der Waals surface area (Å²) in [4.78, 5) is 50.7. The Hall–Kier alpha value is -1.41. The molecule has 0 bridgehead atoms. The Morgan fingerprint density at radius 3 is 1.03 bits per heavy atom. The van der Waals surface area contributed by atoms with Crippen molar-refractivity contribution in [3.05, 3.63) is 0 Å². The molecular formula is C18H29InN4O8. The maximum atomic E-state index is 11.1. The van der Waals surface area contributed by atoms with E-state index in [1.54, 1.807) is 19.6 Å². The molecule has 12 nitrogen and oxygen atoms in total. The Morgan fingerprint density at radius 1 is 0.548 bits per heavy atom. The van der Waals surface area contributed by atoms with Crippen molar-refractivity contribution in [2.75, 3.05) is 78.5 Å². The molecule has 0 aliphatic carbocycles. The number of rotatable bonds is 8. The number of carboxylic acid groups (broad SMARTS) is 4. The van der Waals surface area contributed by atoms with E-state index in [1.807, 2.05) is 0 Å². The number of carboxylic acids is 4. The molecule has 0 aromatic rings. The Balaban J connectivity index is 0.00000900. The quantitative estimate of drug-likeness (QED) is 0.307. The van der Waals surface area contributed by atoms with Crippen LogP contribution in [0.5, 0.6) is 0 Å². The van der Waals surface area contributed by atoms with Crippen LogP contribution in [0.3, 0.4) is 0 Å². The van der Waals surface area contributed by atoms with Gasteiger partial charge in [0.25, 0.3) is 0 Å². The van der Waals surface area contributed by atoms with Crippen molar-refractivity contribution < 1.29 is 39.6 Å². The average molecular weight is 544 g/mol. The van der Waals surface area contributed by atoms with Crippen LogP contribution in [0.2, 0.25) is 0 Å². The van der Waals surface area contributed by atoms with Gasteiger partial charge in [-0.1, -0.05) is 0 Å². The summed E-state index contributed by atoms with van der Waals surface area (Å²) < 4.78 is 0. The van der Waals surface area contributed by atoms with Crippen LogP contribution < -0.4 is 15.3 Å². The Bertz CT molecular complexity index is 497. The van der Waals surface area contributed by atoms with Crippen molar-refractivity contribution in [3.63, 3.8) is 0 Å². The minimum absolute atomic E-state index is 0. The molecule has 1 aliphatic rings. The fourth-order valence-electron chi connectivity index (χ4n) is 3.42. The molecule has 13 heteroatoms. The molecule has 0 unspecified atom stereocenters. The predicted molar refractivity (Wildman–Crippen MR) is 103 cm³/mol. The summed E-state index contributed by atoms with van der Waals surface area (Å²) in [6.45, 7) is 1.56. The van der Waals surface area contributed by atoms with Gasteiger partial charge in [0.05, 0.1) is 24.5 Å². The third-order valence-corrected chi connectivity index (χ3v) is 4.78. The molecule has 1 N–H and O–H groups in total. The molecule has 0 aromatic heterocycles. The molecular weight excluding hydrogens is 515 g/mol. The van der Waals surface area contributed by atoms with E-state index in [1.165, 1.54) is 0 Å². The van der Waals surface area contributed by atoms with Gasteiger partial charge < -0.3 is 34.8 Å². The van der Waals surface area contributed by atoms with Gasteiger partial charge in [-0.2, -0.15) is 0 Å². The second kappa shape index (κ2) is 16.3. The molecule has 1 fully saturated rings. The topological polar surface area (TPSA) is 171 Å². The molecule has 1 aliphatic heterocycles. The molecule has 0 amide bonds. The molecule has 0 saturated carbocycles. The molecule has 31 heavy (non-hydrogen) atoms. The molecule has 0 aromatic carbocycles. The van der Waals surface area contributed by atoms with Gasteiger partial charge in [0.2, 0.25) is 0 Å². The van der Waals surface area contributed by atoms with E-state index in [9.17, 15) is 34.5 Å². The number of hydrogen-bond acceptors (Lipinski definition) is 11. The van der Waals surface area contributed by atoms with Crippen molar-refractivity contribution in [2.24, 2.45) is 0 Å². The third-order valence-electron chi connectivity index (χ3n) is 4.78. The summed E-state index contributed by atoms with van der Waals surface area (Å²) in [6.07, 6.45) is 0.960. The van der Waals surface area contributed by atoms with Crippen LogP contribution in [0.4, 0.5) is 0 Å². The zero-order valence-corrected chi connectivity index (χ0v) is 20.9. The number of carbonyl (C=O) groups is 4. The zero-order chi connectivity index (χ0) is 22.5. The maximum Gasteiger partial charge on any atom is 3.00 e. The standard InChI is InChI=1S/C18H32N4O8.In/c23-15(24)11-19-3-1-4-20(12-16(25)26)8-10-22(14-18(29)30)6-2-5-21(9-7-19)13-17(27)28;/h1-14H2,(H,23,24)(H,25,26)(H,27,28)(H,29,30);/q;+3/p-3. The summed E-state index contributed by atoms with van der Waals surface area (Å²) >= 11 is 0. The van der Waals surface area contributed by atoms with Crippen LogP contribution in [0.15, 0.2) is 0 Å². The van der Waals surface area contributed by atoms with E-state index in [0.29, 0.717) is 65.2 Å². The molecule has 0 spiro atoms. The molecule has 1 saturated heterocycles. The zero-order valence-electron chi connectivity index (χ0n) is 17.6. The van der Waals surface area contributed by atoms with E-state index in [0.717, 1.165) is 0 Å². The van der Waals surface area contributed by atoms with Gasteiger partial charge in [-0.05, 0) is 32.5 Å². The van der Waals surface area contributed by atoms with Gasteiger partial charge in [0, 0.05) is 52.4 Å². The fourth-order valence-corrected chi connectivity index (χ4v) is 3.42. The van der Waals surface area contributed by atoms with Crippen molar-refractivity contribution in [1.29, 1.82) is 0 Å². The second-order valence-electron chi connectivity index (χ2n) is 7.32. The van der Waals surface area contributed by atoms with E-state index in [-0.39, 0.29) is 52.0 Å². The first-order valence-corrected chi connectivity index (χ1v) is 9.86. The smallest absolute Gasteiger partial charge is 0.549 e. The summed E-state index contributed by atoms with van der Waals surface area (Å²) in [5.41, 5.74) is 0. The van der Waals surface area contributed by atoms with Crippen molar-refractivity contribution >= 4 is 49.7 Å². The Morgan fingerprint density at radius 2 is 0.806 bits per heavy atom. The summed E-state index contributed by atoms with van der Waals surface area (Å²) in [5, 5.41) is 42.2. The normalized spacial score (nSPS) is 19.1. The van der Waals surface area contributed by atoms with Crippen LogP contribution in [-0.2, 0) is 19.2 Å². The molecule has 1 rings (SSSR count). The summed E-state index contributed by atoms with van der Waals surface area (Å²) in [5.74, 6) is -4.75. The number of aliphatic carboxylic acids is 4. The Kier molecular flexibility index (Phi) is 15.5. The van der Waals surface area contributed by atoms with Gasteiger partial charge in [-0.3, -0.25) is 24.4 Å². The number of carbonyl (C=O) groups excluding carboxylic acids is 3. The minimum Gasteiger partial charge on any atom is -0.549 e. The van der Waals surface area contributed by atoms with Crippen molar-refractivity contribution in [2.45, 2.75) is 12.8 Å². The SMILES string of the molecule is O=C([O-])CN1CCCN(CC(=O)[O-])CCN(CC(=O)O)CCCN(CC(=O)[O-])CC1.[In+3]. The van der Waals surface area contributed by atoms with Crippen LogP contribution >= 0.6 is 0 Å². The number of nitrogens with zero attached hydrogens (tertiary/aromatic N) is 4. The first kappa shape index (κ1) is 29.6. The first-order valence-electron chi connectivity index (χ1n) is 9.86. The molecule has 172 valence electrons. The molecule has 1 heterocycles. The van der Waals surface area contributed by atoms with Gasteiger partial charge in [-0.15, -0.1) is 0 Å². The second-order valence-corrected chi connectivity index (χ2v) is 7.32.